The minimum atomic E-state index is -3.29. The van der Waals surface area contributed by atoms with Crippen LogP contribution in [0.2, 0.25) is 0 Å². The van der Waals surface area contributed by atoms with E-state index < -0.39 is 9.84 Å². The Hall–Kier alpha value is -1.42. The van der Waals surface area contributed by atoms with Crippen LogP contribution >= 0.6 is 0 Å². The van der Waals surface area contributed by atoms with Crippen molar-refractivity contribution in [2.24, 2.45) is 5.92 Å². The first-order valence-electron chi connectivity index (χ1n) is 4.97. The first-order chi connectivity index (χ1) is 7.41. The summed E-state index contributed by atoms with van der Waals surface area (Å²) in [4.78, 5) is 12.1. The molecule has 0 aromatic heterocycles. The van der Waals surface area contributed by atoms with Gasteiger partial charge in [-0.2, -0.15) is 0 Å². The van der Waals surface area contributed by atoms with Gasteiger partial charge >= 0.3 is 0 Å². The molecular formula is C12H12O3S. The second kappa shape index (κ2) is 3.56. The molecule has 4 heteroatoms. The fourth-order valence-electron chi connectivity index (χ4n) is 1.87. The van der Waals surface area contributed by atoms with E-state index in [1.807, 2.05) is 0 Å². The van der Waals surface area contributed by atoms with Gasteiger partial charge in [-0.3, -0.25) is 4.79 Å². The molecule has 0 saturated heterocycles. The number of Topliss-reactive ketones (excluding diaryl/α,β-unsaturated/α-hetero) is 1. The van der Waals surface area contributed by atoms with Gasteiger partial charge in [-0.05, 0) is 0 Å². The first-order valence-corrected chi connectivity index (χ1v) is 6.86. The lowest BCUT2D eigenvalue weighted by Crippen LogP contribution is -2.19. The molecule has 1 aliphatic rings. The van der Waals surface area contributed by atoms with E-state index in [-0.39, 0.29) is 16.6 Å². The number of carbonyl (C=O) groups excluding carboxylic acids is 1. The van der Waals surface area contributed by atoms with Crippen molar-refractivity contribution in [2.45, 2.75) is 6.92 Å². The Morgan fingerprint density at radius 2 is 1.69 bits per heavy atom. The van der Waals surface area contributed by atoms with Crippen LogP contribution in [0.5, 0.6) is 0 Å². The maximum Gasteiger partial charge on any atom is 0.175 e. The molecule has 1 aliphatic carbocycles. The van der Waals surface area contributed by atoms with Crippen LogP contribution in [-0.2, 0) is 9.84 Å². The van der Waals surface area contributed by atoms with Crippen molar-refractivity contribution in [3.8, 4) is 0 Å². The fourth-order valence-corrected chi connectivity index (χ4v) is 2.90. The van der Waals surface area contributed by atoms with Gasteiger partial charge in [-0.25, -0.2) is 8.42 Å². The summed E-state index contributed by atoms with van der Waals surface area (Å²) in [5.41, 5.74) is 1.02. The van der Waals surface area contributed by atoms with E-state index >= 15 is 0 Å². The van der Waals surface area contributed by atoms with Crippen molar-refractivity contribution in [3.05, 3.63) is 41.5 Å². The highest BCUT2D eigenvalue weighted by Crippen LogP contribution is 2.32. The normalized spacial score (nSPS) is 20.2. The van der Waals surface area contributed by atoms with Crippen molar-refractivity contribution in [1.82, 2.24) is 0 Å². The van der Waals surface area contributed by atoms with E-state index in [0.29, 0.717) is 11.1 Å². The summed E-state index contributed by atoms with van der Waals surface area (Å²) in [5.74, 6) is -0.400. The Morgan fingerprint density at radius 3 is 2.25 bits per heavy atom. The average molecular weight is 236 g/mol. The monoisotopic (exact) mass is 236 g/mol. The van der Waals surface area contributed by atoms with Crippen LogP contribution in [0.15, 0.2) is 30.3 Å². The minimum absolute atomic E-state index is 0.0250. The van der Waals surface area contributed by atoms with E-state index in [9.17, 15) is 13.2 Å². The Bertz CT molecular complexity index is 582. The molecule has 0 heterocycles. The molecule has 0 radical (unpaired) electrons. The molecule has 1 atom stereocenters. The van der Waals surface area contributed by atoms with E-state index in [4.69, 9.17) is 0 Å². The van der Waals surface area contributed by atoms with E-state index in [1.54, 1.807) is 31.2 Å². The number of benzene rings is 1. The molecule has 0 spiro atoms. The number of hydrogen-bond donors (Lipinski definition) is 0. The van der Waals surface area contributed by atoms with Gasteiger partial charge in [0.05, 0.1) is 4.91 Å². The maximum atomic E-state index is 11.8. The number of ketones is 1. The number of sulfone groups is 1. The van der Waals surface area contributed by atoms with E-state index in [0.717, 1.165) is 6.26 Å². The highest BCUT2D eigenvalue weighted by atomic mass is 32.2. The summed E-state index contributed by atoms with van der Waals surface area (Å²) in [5, 5.41) is 0. The fraction of sp³-hybridized carbons (Fsp3) is 0.250. The zero-order valence-electron chi connectivity index (χ0n) is 9.10. The summed E-state index contributed by atoms with van der Waals surface area (Å²) < 4.78 is 23.2. The molecule has 84 valence electrons. The van der Waals surface area contributed by atoms with Crippen LogP contribution in [0.3, 0.4) is 0 Å². The van der Waals surface area contributed by atoms with Gasteiger partial charge in [0, 0.05) is 23.3 Å². The van der Waals surface area contributed by atoms with Crippen molar-refractivity contribution >= 4 is 20.5 Å². The predicted octanol–water partition coefficient (Wildman–Crippen LogP) is 1.90. The van der Waals surface area contributed by atoms with Crippen molar-refractivity contribution in [2.75, 3.05) is 6.26 Å². The summed E-state index contributed by atoms with van der Waals surface area (Å²) in [6.07, 6.45) is 2.69. The number of allylic oxidation sites excluding steroid dienone is 1. The van der Waals surface area contributed by atoms with E-state index in [1.165, 1.54) is 6.08 Å². The molecule has 16 heavy (non-hydrogen) atoms. The number of carbonyl (C=O) groups is 1. The van der Waals surface area contributed by atoms with Crippen molar-refractivity contribution in [3.63, 3.8) is 0 Å². The van der Waals surface area contributed by atoms with Gasteiger partial charge in [-0.1, -0.05) is 37.3 Å². The molecule has 3 nitrogen and oxygen atoms in total. The molecule has 0 N–H and O–H groups in total. The molecule has 2 rings (SSSR count). The zero-order chi connectivity index (χ0) is 11.9. The van der Waals surface area contributed by atoms with Gasteiger partial charge in [-0.15, -0.1) is 0 Å². The van der Waals surface area contributed by atoms with Gasteiger partial charge in [0.1, 0.15) is 0 Å². The summed E-state index contributed by atoms with van der Waals surface area (Å²) in [6, 6.07) is 6.83. The Balaban J connectivity index is 2.74. The molecule has 1 aromatic rings. The van der Waals surface area contributed by atoms with Crippen molar-refractivity contribution < 1.29 is 13.2 Å². The van der Waals surface area contributed by atoms with Gasteiger partial charge in [0.15, 0.2) is 15.6 Å². The lowest BCUT2D eigenvalue weighted by molar-refractivity contribution is 0.0951. The second-order valence-corrected chi connectivity index (χ2v) is 5.99. The summed E-state index contributed by atoms with van der Waals surface area (Å²) in [6.45, 7) is 1.71. The largest absolute Gasteiger partial charge is 0.294 e. The minimum Gasteiger partial charge on any atom is -0.294 e. The van der Waals surface area contributed by atoms with Gasteiger partial charge in [0.25, 0.3) is 0 Å². The van der Waals surface area contributed by atoms with Gasteiger partial charge < -0.3 is 0 Å². The Kier molecular flexibility index (Phi) is 2.46. The first kappa shape index (κ1) is 11.1. The molecule has 0 saturated carbocycles. The van der Waals surface area contributed by atoms with E-state index in [2.05, 4.69) is 0 Å². The standard InChI is InChI=1S/C12H12O3S/c1-8-7-11(16(2,14)15)9-5-3-4-6-10(9)12(8)13/h3-8H,1-2H3/t8-/m0/s1. The highest BCUT2D eigenvalue weighted by Gasteiger charge is 2.28. The highest BCUT2D eigenvalue weighted by molar-refractivity contribution is 8.00. The third-order valence-electron chi connectivity index (χ3n) is 2.67. The quantitative estimate of drug-likeness (QED) is 0.748. The maximum absolute atomic E-state index is 11.8. The molecular weight excluding hydrogens is 224 g/mol. The molecule has 0 aliphatic heterocycles. The number of fused-ring (bicyclic) bond motifs is 1. The van der Waals surface area contributed by atoms with Crippen LogP contribution in [0.1, 0.15) is 22.8 Å². The van der Waals surface area contributed by atoms with Gasteiger partial charge in [0.2, 0.25) is 0 Å². The Labute approximate surface area is 94.7 Å². The second-order valence-electron chi connectivity index (χ2n) is 4.00. The Morgan fingerprint density at radius 1 is 1.12 bits per heavy atom. The molecule has 1 aromatic carbocycles. The molecule has 0 unspecified atom stereocenters. The lowest BCUT2D eigenvalue weighted by atomic mass is 9.89. The van der Waals surface area contributed by atoms with Crippen LogP contribution in [0.25, 0.3) is 4.91 Å². The molecule has 0 bridgehead atoms. The number of hydrogen-bond acceptors (Lipinski definition) is 3. The zero-order valence-corrected chi connectivity index (χ0v) is 9.91. The van der Waals surface area contributed by atoms with Crippen LogP contribution in [-0.4, -0.2) is 20.5 Å². The third kappa shape index (κ3) is 1.69. The topological polar surface area (TPSA) is 51.2 Å². The average Bonchev–Trinajstić information content (AvgIpc) is 2.22. The van der Waals surface area contributed by atoms with Crippen LogP contribution in [0.4, 0.5) is 0 Å². The molecule has 0 amide bonds. The third-order valence-corrected chi connectivity index (χ3v) is 3.83. The summed E-state index contributed by atoms with van der Waals surface area (Å²) in [7, 11) is -3.29. The smallest absolute Gasteiger partial charge is 0.175 e. The van der Waals surface area contributed by atoms with Crippen LogP contribution in [0, 0.1) is 5.92 Å². The van der Waals surface area contributed by atoms with Crippen LogP contribution < -0.4 is 0 Å². The summed E-state index contributed by atoms with van der Waals surface area (Å²) >= 11 is 0. The number of rotatable bonds is 1. The predicted molar refractivity (Wildman–Crippen MR) is 62.8 cm³/mol. The van der Waals surface area contributed by atoms with Crippen molar-refractivity contribution in [1.29, 1.82) is 0 Å². The SMILES string of the molecule is C[C@H]1C=C(S(C)(=O)=O)c2ccccc2C1=O. The lowest BCUT2D eigenvalue weighted by Gasteiger charge is -2.19. The molecule has 0 fully saturated rings.